The van der Waals surface area contributed by atoms with Crippen molar-refractivity contribution in [2.24, 2.45) is 0 Å². The second kappa shape index (κ2) is 6.73. The maximum Gasteiger partial charge on any atom is 0.260 e. The number of rotatable bonds is 3. The van der Waals surface area contributed by atoms with Crippen molar-refractivity contribution in [2.45, 2.75) is 6.42 Å². The van der Waals surface area contributed by atoms with E-state index in [4.69, 9.17) is 16.3 Å². The molecule has 1 heterocycles. The highest BCUT2D eigenvalue weighted by Crippen LogP contribution is 2.21. The molecule has 1 amide bonds. The van der Waals surface area contributed by atoms with Crippen molar-refractivity contribution in [1.29, 1.82) is 0 Å². The summed E-state index contributed by atoms with van der Waals surface area (Å²) in [6.07, 6.45) is 0.939. The fourth-order valence-electron chi connectivity index (χ4n) is 1.90. The van der Waals surface area contributed by atoms with Gasteiger partial charge in [0, 0.05) is 25.7 Å². The number of hydrogen-bond donors (Lipinski definition) is 1. The standard InChI is InChI=1S/C13H16ClFN2O2/c14-11-8-10(2-3-12(11)15)19-9-13(18)17-6-1-4-16-5-7-17/h2-3,8,16H,1,4-7,9H2. The highest BCUT2D eigenvalue weighted by atomic mass is 35.5. The van der Waals surface area contributed by atoms with Crippen molar-refractivity contribution >= 4 is 17.5 Å². The molecule has 1 fully saturated rings. The third-order valence-electron chi connectivity index (χ3n) is 2.95. The predicted molar refractivity (Wildman–Crippen MR) is 71.0 cm³/mol. The van der Waals surface area contributed by atoms with Crippen molar-refractivity contribution in [3.05, 3.63) is 29.0 Å². The molecule has 1 aromatic carbocycles. The van der Waals surface area contributed by atoms with Crippen molar-refractivity contribution in [2.75, 3.05) is 32.8 Å². The number of ether oxygens (including phenoxy) is 1. The molecule has 0 aliphatic carbocycles. The van der Waals surface area contributed by atoms with Gasteiger partial charge in [-0.05, 0) is 25.1 Å². The monoisotopic (exact) mass is 286 g/mol. The number of carbonyl (C=O) groups is 1. The van der Waals surface area contributed by atoms with E-state index in [2.05, 4.69) is 5.32 Å². The zero-order chi connectivity index (χ0) is 13.7. The lowest BCUT2D eigenvalue weighted by Crippen LogP contribution is -2.37. The van der Waals surface area contributed by atoms with Gasteiger partial charge in [-0.25, -0.2) is 4.39 Å². The average Bonchev–Trinajstić information content (AvgIpc) is 2.69. The Hall–Kier alpha value is -1.33. The second-order valence-electron chi connectivity index (χ2n) is 4.35. The van der Waals surface area contributed by atoms with Crippen molar-refractivity contribution in [3.8, 4) is 5.75 Å². The van der Waals surface area contributed by atoms with Gasteiger partial charge >= 0.3 is 0 Å². The van der Waals surface area contributed by atoms with Crippen LogP contribution in [0.5, 0.6) is 5.75 Å². The Morgan fingerprint density at radius 2 is 2.26 bits per heavy atom. The van der Waals surface area contributed by atoms with Gasteiger partial charge in [0.2, 0.25) is 0 Å². The minimum atomic E-state index is -0.501. The molecule has 4 nitrogen and oxygen atoms in total. The van der Waals surface area contributed by atoms with Crippen LogP contribution in [0.15, 0.2) is 18.2 Å². The molecule has 0 spiro atoms. The van der Waals surface area contributed by atoms with Gasteiger partial charge in [0.25, 0.3) is 5.91 Å². The summed E-state index contributed by atoms with van der Waals surface area (Å²) in [5, 5.41) is 3.22. The van der Waals surface area contributed by atoms with Crippen LogP contribution in [0.1, 0.15) is 6.42 Å². The first-order chi connectivity index (χ1) is 9.16. The maximum absolute atomic E-state index is 13.0. The fourth-order valence-corrected chi connectivity index (χ4v) is 2.07. The van der Waals surface area contributed by atoms with Gasteiger partial charge in [-0.15, -0.1) is 0 Å². The summed E-state index contributed by atoms with van der Waals surface area (Å²) in [5.74, 6) is -0.171. The van der Waals surface area contributed by atoms with E-state index in [9.17, 15) is 9.18 Å². The van der Waals surface area contributed by atoms with Gasteiger partial charge in [-0.3, -0.25) is 4.79 Å². The fraction of sp³-hybridized carbons (Fsp3) is 0.462. The summed E-state index contributed by atoms with van der Waals surface area (Å²) in [6.45, 7) is 3.10. The summed E-state index contributed by atoms with van der Waals surface area (Å²) in [6, 6.07) is 4.05. The largest absolute Gasteiger partial charge is 0.484 e. The smallest absolute Gasteiger partial charge is 0.260 e. The second-order valence-corrected chi connectivity index (χ2v) is 4.76. The first kappa shape index (κ1) is 14.1. The van der Waals surface area contributed by atoms with E-state index in [1.54, 1.807) is 4.90 Å². The van der Waals surface area contributed by atoms with Gasteiger partial charge in [0.05, 0.1) is 5.02 Å². The predicted octanol–water partition coefficient (Wildman–Crippen LogP) is 1.68. The molecule has 0 saturated carbocycles. The molecule has 0 aromatic heterocycles. The van der Waals surface area contributed by atoms with Crippen molar-refractivity contribution in [1.82, 2.24) is 10.2 Å². The molecule has 1 N–H and O–H groups in total. The molecule has 19 heavy (non-hydrogen) atoms. The van der Waals surface area contributed by atoms with Gasteiger partial charge in [-0.1, -0.05) is 11.6 Å². The zero-order valence-corrected chi connectivity index (χ0v) is 11.3. The molecule has 104 valence electrons. The number of nitrogens with zero attached hydrogens (tertiary/aromatic N) is 1. The number of benzene rings is 1. The Kier molecular flexibility index (Phi) is 4.99. The molecule has 0 bridgehead atoms. The SMILES string of the molecule is O=C(COc1ccc(F)c(Cl)c1)N1CCCNCC1. The number of halogens is 2. The van der Waals surface area contributed by atoms with E-state index in [-0.39, 0.29) is 17.5 Å². The summed E-state index contributed by atoms with van der Waals surface area (Å²) < 4.78 is 18.3. The molecule has 1 aromatic rings. The van der Waals surface area contributed by atoms with E-state index in [0.717, 1.165) is 26.1 Å². The lowest BCUT2D eigenvalue weighted by molar-refractivity contribution is -0.133. The summed E-state index contributed by atoms with van der Waals surface area (Å²) in [5.41, 5.74) is 0. The summed E-state index contributed by atoms with van der Waals surface area (Å²) in [7, 11) is 0. The lowest BCUT2D eigenvalue weighted by atomic mass is 10.3. The molecular weight excluding hydrogens is 271 g/mol. The highest BCUT2D eigenvalue weighted by molar-refractivity contribution is 6.30. The van der Waals surface area contributed by atoms with Crippen LogP contribution in [0.4, 0.5) is 4.39 Å². The molecular formula is C13H16ClFN2O2. The quantitative estimate of drug-likeness (QED) is 0.919. The first-order valence-electron chi connectivity index (χ1n) is 6.23. The van der Waals surface area contributed by atoms with Gasteiger partial charge in [0.1, 0.15) is 11.6 Å². The van der Waals surface area contributed by atoms with Crippen LogP contribution in [0, 0.1) is 5.82 Å². The number of nitrogens with one attached hydrogen (secondary N) is 1. The number of hydrogen-bond acceptors (Lipinski definition) is 3. The van der Waals surface area contributed by atoms with Crippen LogP contribution in [0.25, 0.3) is 0 Å². The van der Waals surface area contributed by atoms with Gasteiger partial charge in [-0.2, -0.15) is 0 Å². The third kappa shape index (κ3) is 4.08. The first-order valence-corrected chi connectivity index (χ1v) is 6.61. The Balaban J connectivity index is 1.86. The van der Waals surface area contributed by atoms with E-state index in [1.807, 2.05) is 0 Å². The number of carbonyl (C=O) groups excluding carboxylic acids is 1. The van der Waals surface area contributed by atoms with Crippen LogP contribution in [0.3, 0.4) is 0 Å². The molecule has 1 aliphatic heterocycles. The van der Waals surface area contributed by atoms with Gasteiger partial charge in [0.15, 0.2) is 6.61 Å². The Morgan fingerprint density at radius 1 is 1.42 bits per heavy atom. The average molecular weight is 287 g/mol. The molecule has 0 atom stereocenters. The Bertz CT molecular complexity index is 448. The number of amides is 1. The van der Waals surface area contributed by atoms with Crippen LogP contribution in [-0.4, -0.2) is 43.6 Å². The minimum absolute atomic E-state index is 0.0103. The molecule has 0 unspecified atom stereocenters. The van der Waals surface area contributed by atoms with Crippen molar-refractivity contribution in [3.63, 3.8) is 0 Å². The van der Waals surface area contributed by atoms with Crippen molar-refractivity contribution < 1.29 is 13.9 Å². The lowest BCUT2D eigenvalue weighted by Gasteiger charge is -2.20. The molecule has 0 radical (unpaired) electrons. The maximum atomic E-state index is 13.0. The third-order valence-corrected chi connectivity index (χ3v) is 3.24. The van der Waals surface area contributed by atoms with E-state index in [0.29, 0.717) is 12.3 Å². The van der Waals surface area contributed by atoms with Crippen LogP contribution < -0.4 is 10.1 Å². The minimum Gasteiger partial charge on any atom is -0.484 e. The van der Waals surface area contributed by atoms with Crippen LogP contribution in [-0.2, 0) is 4.79 Å². The molecule has 6 heteroatoms. The highest BCUT2D eigenvalue weighted by Gasteiger charge is 2.15. The topological polar surface area (TPSA) is 41.6 Å². The zero-order valence-electron chi connectivity index (χ0n) is 10.5. The Labute approximate surface area is 116 Å². The van der Waals surface area contributed by atoms with E-state index >= 15 is 0 Å². The van der Waals surface area contributed by atoms with E-state index in [1.165, 1.54) is 18.2 Å². The van der Waals surface area contributed by atoms with Gasteiger partial charge < -0.3 is 15.0 Å². The summed E-state index contributed by atoms with van der Waals surface area (Å²) >= 11 is 5.64. The molecule has 2 rings (SSSR count). The van der Waals surface area contributed by atoms with Crippen LogP contribution >= 0.6 is 11.6 Å². The normalized spacial score (nSPS) is 16.0. The molecule has 1 saturated heterocycles. The molecule has 1 aliphatic rings. The summed E-state index contributed by atoms with van der Waals surface area (Å²) in [4.78, 5) is 13.7. The van der Waals surface area contributed by atoms with Crippen LogP contribution in [0.2, 0.25) is 5.02 Å². The Morgan fingerprint density at radius 3 is 3.05 bits per heavy atom. The van der Waals surface area contributed by atoms with E-state index < -0.39 is 5.82 Å².